The van der Waals surface area contributed by atoms with Crippen molar-refractivity contribution in [2.75, 3.05) is 25.0 Å². The highest BCUT2D eigenvalue weighted by atomic mass is 16.3. The molecule has 0 saturated heterocycles. The average Bonchev–Trinajstić information content (AvgIpc) is 2.61. The van der Waals surface area contributed by atoms with Crippen LogP contribution in [-0.4, -0.2) is 46.8 Å². The van der Waals surface area contributed by atoms with Crippen molar-refractivity contribution in [2.45, 2.75) is 19.1 Å². The molecule has 3 rings (SSSR count). The molecule has 3 N–H and O–H groups in total. The zero-order chi connectivity index (χ0) is 16.8. The van der Waals surface area contributed by atoms with E-state index in [1.54, 1.807) is 24.4 Å². The van der Waals surface area contributed by atoms with Gasteiger partial charge in [0.1, 0.15) is 5.82 Å². The molecule has 6 nitrogen and oxygen atoms in total. The number of β-amino-alcohol motifs (C(OH)–C–C–N with tert-alkyl or cyclic N) is 1. The number of rotatable bonds is 5. The molecule has 0 saturated carbocycles. The summed E-state index contributed by atoms with van der Waals surface area (Å²) in [6, 6.07) is 13.3. The minimum atomic E-state index is -0.607. The third kappa shape index (κ3) is 4.53. The third-order valence-electron chi connectivity index (χ3n) is 4.08. The normalized spacial score (nSPS) is 15.4. The summed E-state index contributed by atoms with van der Waals surface area (Å²) < 4.78 is 0. The number of aliphatic hydroxyl groups excluding tert-OH is 1. The zero-order valence-electron chi connectivity index (χ0n) is 13.5. The van der Waals surface area contributed by atoms with Crippen LogP contribution in [0.2, 0.25) is 0 Å². The van der Waals surface area contributed by atoms with E-state index in [1.807, 2.05) is 6.07 Å². The van der Waals surface area contributed by atoms with E-state index >= 15 is 0 Å². The molecule has 2 heterocycles. The lowest BCUT2D eigenvalue weighted by molar-refractivity contribution is 0.106. The quantitative estimate of drug-likeness (QED) is 0.780. The van der Waals surface area contributed by atoms with Crippen LogP contribution in [0.4, 0.5) is 10.6 Å². The molecule has 1 aromatic carbocycles. The molecule has 0 spiro atoms. The van der Waals surface area contributed by atoms with Crippen LogP contribution in [0.15, 0.2) is 48.7 Å². The van der Waals surface area contributed by atoms with E-state index in [0.29, 0.717) is 12.4 Å². The Kier molecular flexibility index (Phi) is 5.40. The molecule has 1 aliphatic rings. The van der Waals surface area contributed by atoms with Crippen LogP contribution < -0.4 is 10.6 Å². The third-order valence-corrected chi connectivity index (χ3v) is 4.08. The Morgan fingerprint density at radius 1 is 1.21 bits per heavy atom. The fraction of sp³-hybridized carbons (Fsp3) is 0.333. The molecule has 24 heavy (non-hydrogen) atoms. The maximum absolute atomic E-state index is 11.8. The van der Waals surface area contributed by atoms with E-state index < -0.39 is 6.10 Å². The number of hydrogen-bond acceptors (Lipinski definition) is 4. The predicted octanol–water partition coefficient (Wildman–Crippen LogP) is 1.62. The van der Waals surface area contributed by atoms with Gasteiger partial charge in [0.25, 0.3) is 0 Å². The van der Waals surface area contributed by atoms with Gasteiger partial charge in [0, 0.05) is 32.4 Å². The van der Waals surface area contributed by atoms with Crippen LogP contribution in [0.1, 0.15) is 11.1 Å². The minimum absolute atomic E-state index is 0.205. The number of amides is 2. The number of carbonyl (C=O) groups excluding carboxylic acids is 1. The second-order valence-electron chi connectivity index (χ2n) is 5.96. The van der Waals surface area contributed by atoms with Crippen LogP contribution in [0, 0.1) is 0 Å². The molecular weight excluding hydrogens is 304 g/mol. The van der Waals surface area contributed by atoms with Crippen LogP contribution in [0.3, 0.4) is 0 Å². The van der Waals surface area contributed by atoms with Crippen molar-refractivity contribution in [1.29, 1.82) is 0 Å². The molecule has 1 atom stereocenters. The van der Waals surface area contributed by atoms with Gasteiger partial charge < -0.3 is 10.4 Å². The number of anilines is 1. The molecule has 2 aromatic rings. The van der Waals surface area contributed by atoms with Gasteiger partial charge in [-0.2, -0.15) is 0 Å². The molecule has 0 fully saturated rings. The molecular formula is C18H22N4O2. The molecule has 0 aliphatic carbocycles. The largest absolute Gasteiger partial charge is 0.390 e. The first-order valence-corrected chi connectivity index (χ1v) is 8.14. The molecule has 6 heteroatoms. The predicted molar refractivity (Wildman–Crippen MR) is 92.7 cm³/mol. The van der Waals surface area contributed by atoms with Crippen molar-refractivity contribution in [3.05, 3.63) is 59.8 Å². The van der Waals surface area contributed by atoms with E-state index in [9.17, 15) is 9.90 Å². The Hall–Kier alpha value is -2.44. The molecule has 126 valence electrons. The monoisotopic (exact) mass is 326 g/mol. The van der Waals surface area contributed by atoms with Gasteiger partial charge in [-0.15, -0.1) is 0 Å². The first kappa shape index (κ1) is 16.4. The lowest BCUT2D eigenvalue weighted by Gasteiger charge is -2.30. The number of aromatic nitrogens is 1. The summed E-state index contributed by atoms with van der Waals surface area (Å²) in [4.78, 5) is 18.0. The number of aliphatic hydroxyl groups is 1. The standard InChI is InChI=1S/C18H22N4O2/c23-16(11-20-18(24)21-17-7-3-4-9-19-17)13-22-10-8-14-5-1-2-6-15(14)12-22/h1-7,9,16,23H,8,10-13H2,(H2,19,20,21,24)/t16-/m1/s1. The SMILES string of the molecule is O=C(NC[C@@H](O)CN1CCc2ccccc2C1)Nc1ccccn1. The van der Waals surface area contributed by atoms with Crippen LogP contribution in [0.5, 0.6) is 0 Å². The Morgan fingerprint density at radius 2 is 2.00 bits per heavy atom. The summed E-state index contributed by atoms with van der Waals surface area (Å²) in [6.45, 7) is 2.51. The van der Waals surface area contributed by atoms with Gasteiger partial charge in [-0.25, -0.2) is 9.78 Å². The summed E-state index contributed by atoms with van der Waals surface area (Å²) in [7, 11) is 0. The maximum Gasteiger partial charge on any atom is 0.320 e. The van der Waals surface area contributed by atoms with E-state index in [4.69, 9.17) is 0 Å². The number of nitrogens with one attached hydrogen (secondary N) is 2. The number of pyridine rings is 1. The number of hydrogen-bond donors (Lipinski definition) is 3. The van der Waals surface area contributed by atoms with Gasteiger partial charge in [-0.3, -0.25) is 10.2 Å². The fourth-order valence-electron chi connectivity index (χ4n) is 2.88. The van der Waals surface area contributed by atoms with Gasteiger partial charge in [0.05, 0.1) is 6.10 Å². The van der Waals surface area contributed by atoms with Crippen molar-refractivity contribution < 1.29 is 9.90 Å². The Morgan fingerprint density at radius 3 is 2.79 bits per heavy atom. The molecule has 0 unspecified atom stereocenters. The van der Waals surface area contributed by atoms with E-state index in [2.05, 4.69) is 38.7 Å². The summed E-state index contributed by atoms with van der Waals surface area (Å²) in [5, 5.41) is 15.5. The summed E-state index contributed by atoms with van der Waals surface area (Å²) >= 11 is 0. The lowest BCUT2D eigenvalue weighted by Crippen LogP contribution is -2.43. The molecule has 2 amide bonds. The van der Waals surface area contributed by atoms with Crippen molar-refractivity contribution in [3.63, 3.8) is 0 Å². The van der Waals surface area contributed by atoms with Crippen molar-refractivity contribution in [1.82, 2.24) is 15.2 Å². The van der Waals surface area contributed by atoms with Crippen molar-refractivity contribution >= 4 is 11.8 Å². The summed E-state index contributed by atoms with van der Waals surface area (Å²) in [5.41, 5.74) is 2.70. The van der Waals surface area contributed by atoms with Gasteiger partial charge in [0.15, 0.2) is 0 Å². The lowest BCUT2D eigenvalue weighted by atomic mass is 10.00. The topological polar surface area (TPSA) is 77.5 Å². The Bertz CT molecular complexity index is 678. The maximum atomic E-state index is 11.8. The van der Waals surface area contributed by atoms with E-state index in [0.717, 1.165) is 19.5 Å². The number of benzene rings is 1. The Labute approximate surface area is 141 Å². The first-order chi connectivity index (χ1) is 11.7. The van der Waals surface area contributed by atoms with Crippen molar-refractivity contribution in [3.8, 4) is 0 Å². The average molecular weight is 326 g/mol. The molecule has 1 aliphatic heterocycles. The van der Waals surface area contributed by atoms with Crippen molar-refractivity contribution in [2.24, 2.45) is 0 Å². The number of carbonyl (C=O) groups is 1. The summed E-state index contributed by atoms with van der Waals surface area (Å²) in [6.07, 6.45) is 2.00. The zero-order valence-corrected chi connectivity index (χ0v) is 13.5. The van der Waals surface area contributed by atoms with Crippen LogP contribution >= 0.6 is 0 Å². The number of nitrogens with zero attached hydrogens (tertiary/aromatic N) is 2. The molecule has 0 bridgehead atoms. The highest BCUT2D eigenvalue weighted by Gasteiger charge is 2.18. The fourth-order valence-corrected chi connectivity index (χ4v) is 2.88. The van der Waals surface area contributed by atoms with Gasteiger partial charge in [-0.1, -0.05) is 30.3 Å². The smallest absolute Gasteiger partial charge is 0.320 e. The highest BCUT2D eigenvalue weighted by Crippen LogP contribution is 2.18. The number of fused-ring (bicyclic) bond motifs is 1. The minimum Gasteiger partial charge on any atom is -0.390 e. The van der Waals surface area contributed by atoms with Gasteiger partial charge >= 0.3 is 6.03 Å². The van der Waals surface area contributed by atoms with E-state index in [-0.39, 0.29) is 12.6 Å². The second-order valence-corrected chi connectivity index (χ2v) is 5.96. The Balaban J connectivity index is 1.41. The molecule has 1 aromatic heterocycles. The summed E-state index contributed by atoms with van der Waals surface area (Å²) in [5.74, 6) is 0.483. The first-order valence-electron chi connectivity index (χ1n) is 8.14. The van der Waals surface area contributed by atoms with E-state index in [1.165, 1.54) is 11.1 Å². The highest BCUT2D eigenvalue weighted by molar-refractivity contribution is 5.88. The van der Waals surface area contributed by atoms with Crippen LogP contribution in [0.25, 0.3) is 0 Å². The molecule has 0 radical (unpaired) electrons. The van der Waals surface area contributed by atoms with Gasteiger partial charge in [-0.05, 0) is 29.7 Å². The second kappa shape index (κ2) is 7.90. The number of urea groups is 1. The van der Waals surface area contributed by atoms with Gasteiger partial charge in [0.2, 0.25) is 0 Å². The van der Waals surface area contributed by atoms with Crippen LogP contribution in [-0.2, 0) is 13.0 Å².